The maximum atomic E-state index is 13.2. The fourth-order valence-electron chi connectivity index (χ4n) is 2.41. The molecule has 0 radical (unpaired) electrons. The molecule has 1 aromatic rings. The van der Waals surface area contributed by atoms with Crippen LogP contribution in [0.2, 0.25) is 0 Å². The van der Waals surface area contributed by atoms with Crippen molar-refractivity contribution in [2.75, 3.05) is 13.1 Å². The van der Waals surface area contributed by atoms with Crippen molar-refractivity contribution in [3.63, 3.8) is 0 Å². The van der Waals surface area contributed by atoms with Gasteiger partial charge in [-0.3, -0.25) is 0 Å². The maximum absolute atomic E-state index is 13.2. The van der Waals surface area contributed by atoms with E-state index in [0.29, 0.717) is 30.6 Å². The van der Waals surface area contributed by atoms with Gasteiger partial charge in [0.1, 0.15) is 5.82 Å². The molecule has 4 nitrogen and oxygen atoms in total. The molecule has 2 N–H and O–H groups in total. The fourth-order valence-corrected chi connectivity index (χ4v) is 4.33. The summed E-state index contributed by atoms with van der Waals surface area (Å²) in [5.41, 5.74) is 6.61. The lowest BCUT2D eigenvalue weighted by Crippen LogP contribution is -2.32. The van der Waals surface area contributed by atoms with Gasteiger partial charge in [0.2, 0.25) is 10.0 Å². The van der Waals surface area contributed by atoms with Crippen LogP contribution in [-0.4, -0.2) is 31.9 Å². The van der Waals surface area contributed by atoms with Crippen LogP contribution in [0, 0.1) is 19.7 Å². The van der Waals surface area contributed by atoms with Gasteiger partial charge in [-0.15, -0.1) is 0 Å². The molecule has 18 heavy (non-hydrogen) atoms. The molecule has 1 unspecified atom stereocenters. The highest BCUT2D eigenvalue weighted by atomic mass is 32.2. The Hall–Kier alpha value is -0.980. The van der Waals surface area contributed by atoms with Crippen molar-refractivity contribution < 1.29 is 12.8 Å². The monoisotopic (exact) mass is 272 g/mol. The molecule has 0 amide bonds. The first kappa shape index (κ1) is 13.5. The molecule has 0 saturated carbocycles. The first-order valence-electron chi connectivity index (χ1n) is 5.85. The van der Waals surface area contributed by atoms with E-state index in [0.717, 1.165) is 0 Å². The summed E-state index contributed by atoms with van der Waals surface area (Å²) in [5.74, 6) is -0.415. The van der Waals surface area contributed by atoms with Gasteiger partial charge in [0.05, 0.1) is 4.90 Å². The van der Waals surface area contributed by atoms with E-state index >= 15 is 0 Å². The molecule has 0 aliphatic carbocycles. The second-order valence-corrected chi connectivity index (χ2v) is 6.66. The standard InChI is InChI=1S/C12H17FN2O2S/c1-8-5-10(13)6-9(2)12(8)18(16,17)15-4-3-11(14)7-15/h5-6,11H,3-4,7,14H2,1-2H3. The van der Waals surface area contributed by atoms with Gasteiger partial charge in [-0.25, -0.2) is 12.8 Å². The van der Waals surface area contributed by atoms with E-state index < -0.39 is 15.8 Å². The van der Waals surface area contributed by atoms with Crippen molar-refractivity contribution in [1.82, 2.24) is 4.31 Å². The summed E-state index contributed by atoms with van der Waals surface area (Å²) >= 11 is 0. The molecule has 2 rings (SSSR count). The van der Waals surface area contributed by atoms with Gasteiger partial charge in [-0.1, -0.05) is 0 Å². The number of aryl methyl sites for hydroxylation is 2. The quantitative estimate of drug-likeness (QED) is 0.879. The largest absolute Gasteiger partial charge is 0.326 e. The molecule has 100 valence electrons. The molecule has 1 saturated heterocycles. The predicted molar refractivity (Wildman–Crippen MR) is 67.2 cm³/mol. The number of sulfonamides is 1. The number of halogens is 1. The molecule has 1 heterocycles. The Kier molecular flexibility index (Phi) is 3.44. The normalized spacial score (nSPS) is 21.4. The van der Waals surface area contributed by atoms with Gasteiger partial charge in [-0.05, 0) is 43.5 Å². The van der Waals surface area contributed by atoms with E-state index in [9.17, 15) is 12.8 Å². The summed E-state index contributed by atoms with van der Waals surface area (Å²) in [5, 5.41) is 0. The highest BCUT2D eigenvalue weighted by molar-refractivity contribution is 7.89. The molecular weight excluding hydrogens is 255 g/mol. The summed E-state index contributed by atoms with van der Waals surface area (Å²) in [4.78, 5) is 0.206. The van der Waals surface area contributed by atoms with Crippen molar-refractivity contribution in [1.29, 1.82) is 0 Å². The van der Waals surface area contributed by atoms with E-state index in [4.69, 9.17) is 5.73 Å². The maximum Gasteiger partial charge on any atom is 0.243 e. The van der Waals surface area contributed by atoms with Crippen LogP contribution in [0.25, 0.3) is 0 Å². The zero-order valence-corrected chi connectivity index (χ0v) is 11.3. The Bertz CT molecular complexity index is 548. The second kappa shape index (κ2) is 4.60. The van der Waals surface area contributed by atoms with Crippen LogP contribution in [0.15, 0.2) is 17.0 Å². The molecule has 0 aromatic heterocycles. The summed E-state index contributed by atoms with van der Waals surface area (Å²) in [6, 6.07) is 2.38. The Morgan fingerprint density at radius 1 is 1.33 bits per heavy atom. The number of hydrogen-bond acceptors (Lipinski definition) is 3. The van der Waals surface area contributed by atoms with E-state index in [1.165, 1.54) is 16.4 Å². The van der Waals surface area contributed by atoms with Crippen molar-refractivity contribution in [2.45, 2.75) is 31.2 Å². The lowest BCUT2D eigenvalue weighted by atomic mass is 10.1. The average Bonchev–Trinajstić information content (AvgIpc) is 2.63. The number of rotatable bonds is 2. The van der Waals surface area contributed by atoms with Crippen LogP contribution in [0.3, 0.4) is 0 Å². The van der Waals surface area contributed by atoms with Crippen LogP contribution in [-0.2, 0) is 10.0 Å². The first-order valence-corrected chi connectivity index (χ1v) is 7.29. The average molecular weight is 272 g/mol. The van der Waals surface area contributed by atoms with E-state index in [2.05, 4.69) is 0 Å². The van der Waals surface area contributed by atoms with Gasteiger partial charge in [0.25, 0.3) is 0 Å². The minimum absolute atomic E-state index is 0.110. The lowest BCUT2D eigenvalue weighted by Gasteiger charge is -2.19. The lowest BCUT2D eigenvalue weighted by molar-refractivity contribution is 0.471. The van der Waals surface area contributed by atoms with Crippen molar-refractivity contribution in [3.05, 3.63) is 29.1 Å². The second-order valence-electron chi connectivity index (χ2n) is 4.78. The molecule has 1 aromatic carbocycles. The van der Waals surface area contributed by atoms with Gasteiger partial charge < -0.3 is 5.73 Å². The number of benzene rings is 1. The van der Waals surface area contributed by atoms with Crippen LogP contribution in [0.1, 0.15) is 17.5 Å². The van der Waals surface area contributed by atoms with E-state index in [1.54, 1.807) is 13.8 Å². The Morgan fingerprint density at radius 2 is 1.89 bits per heavy atom. The Balaban J connectivity index is 2.48. The number of nitrogens with zero attached hydrogens (tertiary/aromatic N) is 1. The number of hydrogen-bond donors (Lipinski definition) is 1. The van der Waals surface area contributed by atoms with Crippen LogP contribution in [0.5, 0.6) is 0 Å². The van der Waals surface area contributed by atoms with Crippen molar-refractivity contribution >= 4 is 10.0 Å². The zero-order valence-electron chi connectivity index (χ0n) is 10.5. The third-order valence-corrected chi connectivity index (χ3v) is 5.38. The van der Waals surface area contributed by atoms with Gasteiger partial charge in [-0.2, -0.15) is 4.31 Å². The SMILES string of the molecule is Cc1cc(F)cc(C)c1S(=O)(=O)N1CCC(N)C1. The Morgan fingerprint density at radius 3 is 2.33 bits per heavy atom. The zero-order chi connectivity index (χ0) is 13.5. The third kappa shape index (κ3) is 2.28. The molecule has 1 fully saturated rings. The van der Waals surface area contributed by atoms with Crippen molar-refractivity contribution in [2.24, 2.45) is 5.73 Å². The molecule has 6 heteroatoms. The fraction of sp³-hybridized carbons (Fsp3) is 0.500. The van der Waals surface area contributed by atoms with Gasteiger partial charge in [0, 0.05) is 19.1 Å². The predicted octanol–water partition coefficient (Wildman–Crippen LogP) is 1.16. The van der Waals surface area contributed by atoms with Crippen LogP contribution >= 0.6 is 0 Å². The topological polar surface area (TPSA) is 63.4 Å². The molecule has 1 aliphatic heterocycles. The smallest absolute Gasteiger partial charge is 0.243 e. The first-order chi connectivity index (χ1) is 8.32. The van der Waals surface area contributed by atoms with Gasteiger partial charge >= 0.3 is 0 Å². The summed E-state index contributed by atoms with van der Waals surface area (Å²) in [6.45, 7) is 3.98. The molecule has 0 bridgehead atoms. The number of nitrogens with two attached hydrogens (primary N) is 1. The van der Waals surface area contributed by atoms with Gasteiger partial charge in [0.15, 0.2) is 0 Å². The van der Waals surface area contributed by atoms with Crippen LogP contribution < -0.4 is 5.73 Å². The highest BCUT2D eigenvalue weighted by Crippen LogP contribution is 2.27. The molecule has 1 atom stereocenters. The molecule has 0 spiro atoms. The van der Waals surface area contributed by atoms with E-state index in [-0.39, 0.29) is 10.9 Å². The summed E-state index contributed by atoms with van der Waals surface area (Å²) < 4.78 is 39.5. The minimum atomic E-state index is -3.56. The van der Waals surface area contributed by atoms with Crippen LogP contribution in [0.4, 0.5) is 4.39 Å². The van der Waals surface area contributed by atoms with E-state index in [1.807, 2.05) is 0 Å². The minimum Gasteiger partial charge on any atom is -0.326 e. The summed E-state index contributed by atoms with van der Waals surface area (Å²) in [6.07, 6.45) is 0.665. The Labute approximate surface area is 107 Å². The molecule has 1 aliphatic rings. The third-order valence-electron chi connectivity index (χ3n) is 3.21. The van der Waals surface area contributed by atoms with Crippen molar-refractivity contribution in [3.8, 4) is 0 Å². The molecular formula is C12H17FN2O2S. The summed E-state index contributed by atoms with van der Waals surface area (Å²) in [7, 11) is -3.56. The highest BCUT2D eigenvalue weighted by Gasteiger charge is 2.33.